The molecule has 0 bridgehead atoms. The van der Waals surface area contributed by atoms with E-state index >= 15 is 0 Å². The molecule has 1 unspecified atom stereocenters. The Bertz CT molecular complexity index is 625. The first kappa shape index (κ1) is 16.5. The SMILES string of the molecule is CCCNC(c1ccc(Cl)cc1Br)c1cccc(C)c1C. The van der Waals surface area contributed by atoms with E-state index in [0.717, 1.165) is 22.5 Å². The van der Waals surface area contributed by atoms with Crippen LogP contribution < -0.4 is 5.32 Å². The van der Waals surface area contributed by atoms with Crippen LogP contribution in [0.15, 0.2) is 40.9 Å². The third-order valence-corrected chi connectivity index (χ3v) is 4.75. The van der Waals surface area contributed by atoms with Crippen LogP contribution in [0.3, 0.4) is 0 Å². The van der Waals surface area contributed by atoms with Crippen molar-refractivity contribution in [2.24, 2.45) is 0 Å². The van der Waals surface area contributed by atoms with Gasteiger partial charge in [0, 0.05) is 9.50 Å². The molecular weight excluding hydrogens is 346 g/mol. The monoisotopic (exact) mass is 365 g/mol. The fourth-order valence-electron chi connectivity index (χ4n) is 2.50. The zero-order valence-electron chi connectivity index (χ0n) is 12.7. The van der Waals surface area contributed by atoms with E-state index in [1.54, 1.807) is 0 Å². The number of benzene rings is 2. The minimum Gasteiger partial charge on any atom is -0.306 e. The lowest BCUT2D eigenvalue weighted by Gasteiger charge is -2.23. The minimum absolute atomic E-state index is 0.177. The number of hydrogen-bond donors (Lipinski definition) is 1. The van der Waals surface area contributed by atoms with Gasteiger partial charge < -0.3 is 5.32 Å². The second kappa shape index (κ2) is 7.44. The Labute approximate surface area is 140 Å². The molecule has 21 heavy (non-hydrogen) atoms. The van der Waals surface area contributed by atoms with E-state index in [2.05, 4.69) is 66.3 Å². The topological polar surface area (TPSA) is 12.0 Å². The first-order valence-electron chi connectivity index (χ1n) is 7.29. The summed E-state index contributed by atoms with van der Waals surface area (Å²) < 4.78 is 1.05. The normalized spacial score (nSPS) is 12.4. The lowest BCUT2D eigenvalue weighted by atomic mass is 9.92. The molecule has 0 saturated carbocycles. The first-order valence-corrected chi connectivity index (χ1v) is 8.46. The van der Waals surface area contributed by atoms with Crippen molar-refractivity contribution in [2.45, 2.75) is 33.2 Å². The highest BCUT2D eigenvalue weighted by atomic mass is 79.9. The quantitative estimate of drug-likeness (QED) is 0.704. The molecule has 0 aliphatic carbocycles. The van der Waals surface area contributed by atoms with Crippen LogP contribution in [-0.2, 0) is 0 Å². The summed E-state index contributed by atoms with van der Waals surface area (Å²) >= 11 is 9.73. The predicted molar refractivity (Wildman–Crippen MR) is 95.2 cm³/mol. The Morgan fingerprint density at radius 1 is 1.14 bits per heavy atom. The zero-order valence-corrected chi connectivity index (χ0v) is 15.1. The predicted octanol–water partition coefficient (Wildman–Crippen LogP) is 5.81. The summed E-state index contributed by atoms with van der Waals surface area (Å²) in [4.78, 5) is 0. The average Bonchev–Trinajstić information content (AvgIpc) is 2.45. The smallest absolute Gasteiger partial charge is 0.0590 e. The van der Waals surface area contributed by atoms with Crippen molar-refractivity contribution in [3.05, 3.63) is 68.1 Å². The number of rotatable bonds is 5. The third-order valence-electron chi connectivity index (χ3n) is 3.83. The maximum absolute atomic E-state index is 6.08. The van der Waals surface area contributed by atoms with Gasteiger partial charge >= 0.3 is 0 Å². The molecule has 0 aromatic heterocycles. The molecule has 2 aromatic carbocycles. The second-order valence-corrected chi connectivity index (χ2v) is 6.63. The highest BCUT2D eigenvalue weighted by Gasteiger charge is 2.18. The van der Waals surface area contributed by atoms with Crippen LogP contribution in [0.2, 0.25) is 5.02 Å². The van der Waals surface area contributed by atoms with Gasteiger partial charge in [0.2, 0.25) is 0 Å². The second-order valence-electron chi connectivity index (χ2n) is 5.34. The van der Waals surface area contributed by atoms with E-state index in [0.29, 0.717) is 0 Å². The molecule has 1 N–H and O–H groups in total. The van der Waals surface area contributed by atoms with Crippen LogP contribution in [0, 0.1) is 13.8 Å². The van der Waals surface area contributed by atoms with E-state index in [4.69, 9.17) is 11.6 Å². The largest absolute Gasteiger partial charge is 0.306 e. The summed E-state index contributed by atoms with van der Waals surface area (Å²) in [6.45, 7) is 7.51. The molecule has 1 atom stereocenters. The molecule has 0 fully saturated rings. The Hall–Kier alpha value is -0.830. The van der Waals surface area contributed by atoms with Gasteiger partial charge in [0.1, 0.15) is 0 Å². The van der Waals surface area contributed by atoms with E-state index in [1.807, 2.05) is 12.1 Å². The Kier molecular flexibility index (Phi) is 5.86. The third kappa shape index (κ3) is 3.88. The number of nitrogens with one attached hydrogen (secondary N) is 1. The summed E-state index contributed by atoms with van der Waals surface area (Å²) in [5.74, 6) is 0. The molecule has 0 radical (unpaired) electrons. The van der Waals surface area contributed by atoms with E-state index in [1.165, 1.54) is 22.3 Å². The van der Waals surface area contributed by atoms with Crippen molar-refractivity contribution in [1.82, 2.24) is 5.32 Å². The lowest BCUT2D eigenvalue weighted by molar-refractivity contribution is 0.594. The fourth-order valence-corrected chi connectivity index (χ4v) is 3.41. The molecule has 0 saturated heterocycles. The van der Waals surface area contributed by atoms with Crippen molar-refractivity contribution >= 4 is 27.5 Å². The van der Waals surface area contributed by atoms with Gasteiger partial charge in [-0.3, -0.25) is 0 Å². The van der Waals surface area contributed by atoms with Crippen molar-refractivity contribution in [1.29, 1.82) is 0 Å². The summed E-state index contributed by atoms with van der Waals surface area (Å²) in [5, 5.41) is 4.41. The van der Waals surface area contributed by atoms with Crippen LogP contribution in [0.4, 0.5) is 0 Å². The Morgan fingerprint density at radius 3 is 2.57 bits per heavy atom. The molecule has 0 spiro atoms. The zero-order chi connectivity index (χ0) is 15.4. The van der Waals surface area contributed by atoms with Crippen molar-refractivity contribution in [2.75, 3.05) is 6.54 Å². The van der Waals surface area contributed by atoms with Crippen LogP contribution in [0.1, 0.15) is 41.6 Å². The molecule has 0 amide bonds. The summed E-state index contributed by atoms with van der Waals surface area (Å²) in [5.41, 5.74) is 5.21. The van der Waals surface area contributed by atoms with Crippen LogP contribution in [0.5, 0.6) is 0 Å². The van der Waals surface area contributed by atoms with E-state index < -0.39 is 0 Å². The molecule has 2 rings (SSSR count). The van der Waals surface area contributed by atoms with Crippen LogP contribution in [-0.4, -0.2) is 6.54 Å². The standard InChI is InChI=1S/C18H21BrClN/c1-4-10-21-18(15-7-5-6-12(2)13(15)3)16-9-8-14(20)11-17(16)19/h5-9,11,18,21H,4,10H2,1-3H3. The molecule has 0 aliphatic heterocycles. The molecular formula is C18H21BrClN. The Balaban J connectivity index is 2.49. The van der Waals surface area contributed by atoms with Crippen molar-refractivity contribution in [3.63, 3.8) is 0 Å². The molecule has 0 aliphatic rings. The summed E-state index contributed by atoms with van der Waals surface area (Å²) in [6.07, 6.45) is 1.10. The molecule has 1 nitrogen and oxygen atoms in total. The van der Waals surface area contributed by atoms with Gasteiger partial charge in [0.15, 0.2) is 0 Å². The molecule has 3 heteroatoms. The van der Waals surface area contributed by atoms with Crippen LogP contribution in [0.25, 0.3) is 0 Å². The molecule has 0 heterocycles. The molecule has 112 valence electrons. The van der Waals surface area contributed by atoms with Gasteiger partial charge in [-0.15, -0.1) is 0 Å². The van der Waals surface area contributed by atoms with Gasteiger partial charge in [-0.05, 0) is 61.2 Å². The van der Waals surface area contributed by atoms with Gasteiger partial charge in [0.25, 0.3) is 0 Å². The average molecular weight is 367 g/mol. The van der Waals surface area contributed by atoms with Crippen LogP contribution >= 0.6 is 27.5 Å². The summed E-state index contributed by atoms with van der Waals surface area (Å²) in [6, 6.07) is 12.7. The highest BCUT2D eigenvalue weighted by Crippen LogP contribution is 2.32. The highest BCUT2D eigenvalue weighted by molar-refractivity contribution is 9.10. The van der Waals surface area contributed by atoms with Gasteiger partial charge in [-0.2, -0.15) is 0 Å². The van der Waals surface area contributed by atoms with E-state index in [-0.39, 0.29) is 6.04 Å². The Morgan fingerprint density at radius 2 is 1.90 bits per heavy atom. The number of halogens is 2. The van der Waals surface area contributed by atoms with Crippen molar-refractivity contribution in [3.8, 4) is 0 Å². The van der Waals surface area contributed by atoms with Gasteiger partial charge in [-0.25, -0.2) is 0 Å². The maximum atomic E-state index is 6.08. The maximum Gasteiger partial charge on any atom is 0.0590 e. The van der Waals surface area contributed by atoms with Gasteiger partial charge in [0.05, 0.1) is 6.04 Å². The summed E-state index contributed by atoms with van der Waals surface area (Å²) in [7, 11) is 0. The number of hydrogen-bond acceptors (Lipinski definition) is 1. The number of aryl methyl sites for hydroxylation is 1. The van der Waals surface area contributed by atoms with E-state index in [9.17, 15) is 0 Å². The lowest BCUT2D eigenvalue weighted by Crippen LogP contribution is -2.24. The first-order chi connectivity index (χ1) is 10.0. The van der Waals surface area contributed by atoms with Crippen molar-refractivity contribution < 1.29 is 0 Å². The molecule has 2 aromatic rings. The minimum atomic E-state index is 0.177. The van der Waals surface area contributed by atoms with Gasteiger partial charge in [-0.1, -0.05) is 58.7 Å². The fraction of sp³-hybridized carbons (Fsp3) is 0.333.